The quantitative estimate of drug-likeness (QED) is 0.851. The number of nitrogens with zero attached hydrogens (tertiary/aromatic N) is 2. The van der Waals surface area contributed by atoms with Crippen molar-refractivity contribution in [2.24, 2.45) is 0 Å². The lowest BCUT2D eigenvalue weighted by Crippen LogP contribution is -2.10. The molecular formula is C13H8ClF2N3O2. The van der Waals surface area contributed by atoms with Gasteiger partial charge in [0, 0.05) is 5.56 Å². The highest BCUT2D eigenvalue weighted by Crippen LogP contribution is 2.28. The predicted octanol–water partition coefficient (Wildman–Crippen LogP) is 3.00. The first-order valence-electron chi connectivity index (χ1n) is 5.54. The summed E-state index contributed by atoms with van der Waals surface area (Å²) in [6, 6.07) is 2.24. The smallest absolute Gasteiger partial charge is 0.355 e. The molecule has 0 atom stereocenters. The first kappa shape index (κ1) is 14.9. The maximum absolute atomic E-state index is 13.8. The average Bonchev–Trinajstić information content (AvgIpc) is 2.44. The number of halogens is 3. The maximum atomic E-state index is 13.8. The molecule has 0 aliphatic heterocycles. The monoisotopic (exact) mass is 311 g/mol. The van der Waals surface area contributed by atoms with Crippen molar-refractivity contribution in [3.63, 3.8) is 0 Å². The normalized spacial score (nSPS) is 10.4. The largest absolute Gasteiger partial charge is 0.476 e. The number of rotatable bonds is 3. The number of aromatic carboxylic acids is 1. The van der Waals surface area contributed by atoms with Gasteiger partial charge in [-0.05, 0) is 12.1 Å². The molecule has 0 spiro atoms. The molecule has 1 heterocycles. The van der Waals surface area contributed by atoms with E-state index in [2.05, 4.69) is 16.5 Å². The van der Waals surface area contributed by atoms with Gasteiger partial charge in [-0.1, -0.05) is 24.3 Å². The van der Waals surface area contributed by atoms with E-state index >= 15 is 0 Å². The molecule has 1 aromatic carbocycles. The van der Waals surface area contributed by atoms with Crippen molar-refractivity contribution in [2.75, 3.05) is 5.73 Å². The fourth-order valence-corrected chi connectivity index (χ4v) is 1.82. The standard InChI is InChI=1S/C13H8ClF2N3O2/c1-2-5-10(13(20)21)18-12(19-11(5)17)6-3-4-7(14)9(16)8(6)15/h2-4H,1H2,(H,20,21)(H2,17,18,19). The van der Waals surface area contributed by atoms with Gasteiger partial charge in [0.25, 0.3) is 0 Å². The highest BCUT2D eigenvalue weighted by Gasteiger charge is 2.20. The van der Waals surface area contributed by atoms with Gasteiger partial charge < -0.3 is 10.8 Å². The maximum Gasteiger partial charge on any atom is 0.355 e. The average molecular weight is 312 g/mol. The molecule has 5 nitrogen and oxygen atoms in total. The number of hydrogen-bond donors (Lipinski definition) is 2. The van der Waals surface area contributed by atoms with Crippen LogP contribution >= 0.6 is 11.6 Å². The zero-order valence-electron chi connectivity index (χ0n) is 10.4. The van der Waals surface area contributed by atoms with E-state index in [9.17, 15) is 13.6 Å². The summed E-state index contributed by atoms with van der Waals surface area (Å²) in [4.78, 5) is 18.6. The van der Waals surface area contributed by atoms with Crippen LogP contribution in [0, 0.1) is 11.6 Å². The molecular weight excluding hydrogens is 304 g/mol. The fraction of sp³-hybridized carbons (Fsp3) is 0. The van der Waals surface area contributed by atoms with Crippen molar-refractivity contribution < 1.29 is 18.7 Å². The van der Waals surface area contributed by atoms with Crippen molar-refractivity contribution in [1.29, 1.82) is 0 Å². The zero-order valence-corrected chi connectivity index (χ0v) is 11.2. The van der Waals surface area contributed by atoms with Gasteiger partial charge in [-0.2, -0.15) is 0 Å². The van der Waals surface area contributed by atoms with Crippen LogP contribution in [0.15, 0.2) is 18.7 Å². The van der Waals surface area contributed by atoms with Crippen LogP contribution in [0.25, 0.3) is 17.5 Å². The Morgan fingerprint density at radius 1 is 1.33 bits per heavy atom. The molecule has 0 bridgehead atoms. The van der Waals surface area contributed by atoms with E-state index in [1.807, 2.05) is 0 Å². The van der Waals surface area contributed by atoms with Gasteiger partial charge in [0.15, 0.2) is 23.2 Å². The van der Waals surface area contributed by atoms with E-state index in [0.717, 1.165) is 12.1 Å². The second-order valence-corrected chi connectivity index (χ2v) is 4.33. The van der Waals surface area contributed by atoms with Gasteiger partial charge in [-0.3, -0.25) is 0 Å². The summed E-state index contributed by atoms with van der Waals surface area (Å²) in [6.07, 6.45) is 1.17. The number of carboxylic acids is 1. The third-order valence-corrected chi connectivity index (χ3v) is 2.95. The molecule has 1 aromatic heterocycles. The van der Waals surface area contributed by atoms with Crippen LogP contribution < -0.4 is 5.73 Å². The van der Waals surface area contributed by atoms with Crippen molar-refractivity contribution in [3.05, 3.63) is 46.6 Å². The Kier molecular flexibility index (Phi) is 3.86. The van der Waals surface area contributed by atoms with Crippen molar-refractivity contribution >= 4 is 29.5 Å². The van der Waals surface area contributed by atoms with Gasteiger partial charge in [0.05, 0.1) is 10.6 Å². The first-order valence-corrected chi connectivity index (χ1v) is 5.91. The molecule has 21 heavy (non-hydrogen) atoms. The van der Waals surface area contributed by atoms with Crippen molar-refractivity contribution in [1.82, 2.24) is 9.97 Å². The lowest BCUT2D eigenvalue weighted by molar-refractivity contribution is 0.0690. The van der Waals surface area contributed by atoms with Gasteiger partial charge >= 0.3 is 5.97 Å². The Morgan fingerprint density at radius 2 is 2.00 bits per heavy atom. The molecule has 8 heteroatoms. The Balaban J connectivity index is 2.74. The summed E-state index contributed by atoms with van der Waals surface area (Å²) in [5, 5.41) is 8.67. The summed E-state index contributed by atoms with van der Waals surface area (Å²) in [5.41, 5.74) is 4.80. The van der Waals surface area contributed by atoms with E-state index in [-0.39, 0.29) is 22.8 Å². The number of nitrogens with two attached hydrogens (primary N) is 1. The van der Waals surface area contributed by atoms with Crippen LogP contribution in [0.5, 0.6) is 0 Å². The Hall–Kier alpha value is -2.54. The van der Waals surface area contributed by atoms with Crippen LogP contribution in [0.1, 0.15) is 16.1 Å². The molecule has 2 rings (SSSR count). The second-order valence-electron chi connectivity index (χ2n) is 3.93. The molecule has 3 N–H and O–H groups in total. The van der Waals surface area contributed by atoms with Gasteiger partial charge in [0.2, 0.25) is 0 Å². The Labute approximate surface area is 122 Å². The number of anilines is 1. The van der Waals surface area contributed by atoms with Crippen LogP contribution in [0.2, 0.25) is 5.02 Å². The van der Waals surface area contributed by atoms with Crippen LogP contribution in [-0.2, 0) is 0 Å². The molecule has 0 fully saturated rings. The Bertz CT molecular complexity index is 766. The van der Waals surface area contributed by atoms with E-state index in [1.54, 1.807) is 0 Å². The van der Waals surface area contributed by atoms with Gasteiger partial charge in [-0.25, -0.2) is 23.5 Å². The number of hydrogen-bond acceptors (Lipinski definition) is 4. The Morgan fingerprint density at radius 3 is 2.57 bits per heavy atom. The summed E-state index contributed by atoms with van der Waals surface area (Å²) in [5.74, 6) is -4.52. The molecule has 0 aliphatic rings. The van der Waals surface area contributed by atoms with E-state index < -0.39 is 28.3 Å². The predicted molar refractivity (Wildman–Crippen MR) is 73.9 cm³/mol. The van der Waals surface area contributed by atoms with Crippen molar-refractivity contribution in [3.8, 4) is 11.4 Å². The van der Waals surface area contributed by atoms with Crippen LogP contribution in [-0.4, -0.2) is 21.0 Å². The van der Waals surface area contributed by atoms with E-state index in [0.29, 0.717) is 0 Å². The molecule has 108 valence electrons. The second kappa shape index (κ2) is 5.45. The number of benzene rings is 1. The minimum Gasteiger partial charge on any atom is -0.476 e. The molecule has 0 saturated heterocycles. The summed E-state index contributed by atoms with van der Waals surface area (Å²) >= 11 is 5.45. The highest BCUT2D eigenvalue weighted by atomic mass is 35.5. The van der Waals surface area contributed by atoms with Crippen molar-refractivity contribution in [2.45, 2.75) is 0 Å². The minimum atomic E-state index is -1.39. The lowest BCUT2D eigenvalue weighted by Gasteiger charge is -2.09. The lowest BCUT2D eigenvalue weighted by atomic mass is 10.1. The third kappa shape index (κ3) is 2.55. The first-order chi connectivity index (χ1) is 9.86. The summed E-state index contributed by atoms with van der Waals surface area (Å²) < 4.78 is 27.3. The molecule has 0 amide bonds. The van der Waals surface area contributed by atoms with Crippen LogP contribution in [0.4, 0.5) is 14.6 Å². The SMILES string of the molecule is C=Cc1c(N)nc(-c2ccc(Cl)c(F)c2F)nc1C(=O)O. The van der Waals surface area contributed by atoms with E-state index in [4.69, 9.17) is 22.4 Å². The summed E-state index contributed by atoms with van der Waals surface area (Å²) in [6.45, 7) is 3.41. The molecule has 0 unspecified atom stereocenters. The zero-order chi connectivity index (χ0) is 15.7. The number of nitrogen functional groups attached to an aromatic ring is 1. The highest BCUT2D eigenvalue weighted by molar-refractivity contribution is 6.30. The minimum absolute atomic E-state index is 0.00101. The van der Waals surface area contributed by atoms with Gasteiger partial charge in [-0.15, -0.1) is 0 Å². The molecule has 0 aliphatic carbocycles. The van der Waals surface area contributed by atoms with E-state index in [1.165, 1.54) is 6.08 Å². The topological polar surface area (TPSA) is 89.1 Å². The molecule has 0 radical (unpaired) electrons. The van der Waals surface area contributed by atoms with Crippen LogP contribution in [0.3, 0.4) is 0 Å². The van der Waals surface area contributed by atoms with Gasteiger partial charge in [0.1, 0.15) is 5.82 Å². The fourth-order valence-electron chi connectivity index (χ4n) is 1.67. The number of aromatic nitrogens is 2. The number of carboxylic acid groups (broad SMARTS) is 1. The molecule has 0 saturated carbocycles. The summed E-state index contributed by atoms with van der Waals surface area (Å²) in [7, 11) is 0. The third-order valence-electron chi connectivity index (χ3n) is 2.66. The molecule has 2 aromatic rings. The number of carbonyl (C=O) groups is 1.